The highest BCUT2D eigenvalue weighted by Crippen LogP contribution is 2.25. The normalized spacial score (nSPS) is 19.0. The van der Waals surface area contributed by atoms with Gasteiger partial charge in [0, 0.05) is 24.2 Å². The van der Waals surface area contributed by atoms with Crippen LogP contribution < -0.4 is 10.1 Å². The summed E-state index contributed by atoms with van der Waals surface area (Å²) < 4.78 is 64.4. The van der Waals surface area contributed by atoms with Crippen molar-refractivity contribution in [3.8, 4) is 5.75 Å². The number of carbonyl (C=O) groups excluding carboxylic acids is 1. The fourth-order valence-corrected chi connectivity index (χ4v) is 3.22. The Morgan fingerprint density at radius 2 is 1.96 bits per heavy atom. The Labute approximate surface area is 136 Å². The summed E-state index contributed by atoms with van der Waals surface area (Å²) in [7, 11) is -3.57. The van der Waals surface area contributed by atoms with Crippen molar-refractivity contribution in [2.24, 2.45) is 5.92 Å². The predicted molar refractivity (Wildman–Crippen MR) is 80.6 cm³/mol. The van der Waals surface area contributed by atoms with Gasteiger partial charge in [0.2, 0.25) is 15.9 Å². The lowest BCUT2D eigenvalue weighted by Gasteiger charge is -2.14. The van der Waals surface area contributed by atoms with E-state index in [1.54, 1.807) is 0 Å². The Morgan fingerprint density at radius 1 is 1.33 bits per heavy atom. The number of sulfonamides is 1. The lowest BCUT2D eigenvalue weighted by atomic mass is 10.1. The highest BCUT2D eigenvalue weighted by Gasteiger charge is 2.34. The number of carbonyl (C=O) groups is 1. The van der Waals surface area contributed by atoms with E-state index in [4.69, 9.17) is 0 Å². The number of rotatable bonds is 5. The van der Waals surface area contributed by atoms with Crippen LogP contribution in [0.4, 0.5) is 18.9 Å². The van der Waals surface area contributed by atoms with Crippen LogP contribution in [0.2, 0.25) is 0 Å². The predicted octanol–water partition coefficient (Wildman–Crippen LogP) is 2.32. The van der Waals surface area contributed by atoms with Gasteiger partial charge in [0.1, 0.15) is 5.75 Å². The maximum Gasteiger partial charge on any atom is 0.573 e. The summed E-state index contributed by atoms with van der Waals surface area (Å²) in [5.74, 6) is -1.34. The van der Waals surface area contributed by atoms with Gasteiger partial charge < -0.3 is 10.1 Å². The summed E-state index contributed by atoms with van der Waals surface area (Å²) >= 11 is 0. The average molecular weight is 364 g/mol. The Hall–Kier alpha value is -2.07. The Kier molecular flexibility index (Phi) is 5.19. The van der Waals surface area contributed by atoms with E-state index in [9.17, 15) is 26.4 Å². The van der Waals surface area contributed by atoms with Crippen molar-refractivity contribution in [2.45, 2.75) is 12.8 Å². The van der Waals surface area contributed by atoms with Crippen LogP contribution in [0.15, 0.2) is 36.3 Å². The quantitative estimate of drug-likeness (QED) is 0.870. The molecule has 1 aliphatic rings. The lowest BCUT2D eigenvalue weighted by Crippen LogP contribution is -2.30. The fraction of sp³-hybridized carbons (Fsp3) is 0.357. The van der Waals surface area contributed by atoms with Crippen molar-refractivity contribution in [1.29, 1.82) is 0 Å². The molecule has 1 fully saturated rings. The van der Waals surface area contributed by atoms with Crippen molar-refractivity contribution in [3.63, 3.8) is 0 Å². The first kappa shape index (κ1) is 18.3. The molecule has 0 unspecified atom stereocenters. The van der Waals surface area contributed by atoms with Crippen LogP contribution in [0.1, 0.15) is 6.42 Å². The van der Waals surface area contributed by atoms with Crippen LogP contribution in [0.3, 0.4) is 0 Å². The maximum absolute atomic E-state index is 12.1. The van der Waals surface area contributed by atoms with E-state index in [1.165, 1.54) is 12.1 Å². The van der Waals surface area contributed by atoms with Gasteiger partial charge in [0.25, 0.3) is 0 Å². The summed E-state index contributed by atoms with van der Waals surface area (Å²) in [5.41, 5.74) is 0.291. The molecule has 1 saturated heterocycles. The summed E-state index contributed by atoms with van der Waals surface area (Å²) in [4.78, 5) is 12.1. The maximum atomic E-state index is 12.1. The summed E-state index contributed by atoms with van der Waals surface area (Å²) in [6.07, 6.45) is -4.43. The molecule has 0 spiro atoms. The van der Waals surface area contributed by atoms with E-state index in [0.717, 1.165) is 21.8 Å². The number of nitrogens with one attached hydrogen (secondary N) is 1. The molecule has 1 aromatic rings. The topological polar surface area (TPSA) is 75.7 Å². The van der Waals surface area contributed by atoms with Crippen LogP contribution >= 0.6 is 0 Å². The van der Waals surface area contributed by atoms with Gasteiger partial charge >= 0.3 is 6.36 Å². The van der Waals surface area contributed by atoms with Crippen LogP contribution in [0.5, 0.6) is 5.75 Å². The molecule has 0 radical (unpaired) electrons. The molecule has 1 aliphatic heterocycles. The zero-order valence-electron chi connectivity index (χ0n) is 12.4. The molecule has 10 heteroatoms. The molecule has 6 nitrogen and oxygen atoms in total. The van der Waals surface area contributed by atoms with Crippen LogP contribution in [0.25, 0.3) is 0 Å². The highest BCUT2D eigenvalue weighted by atomic mass is 32.2. The summed E-state index contributed by atoms with van der Waals surface area (Å²) in [6.45, 7) is 3.48. The number of alkyl halides is 3. The zero-order valence-corrected chi connectivity index (χ0v) is 13.2. The Morgan fingerprint density at radius 3 is 2.50 bits per heavy atom. The number of nitrogens with zero attached hydrogens (tertiary/aromatic N) is 1. The van der Waals surface area contributed by atoms with Crippen LogP contribution in [0, 0.1) is 5.92 Å². The molecule has 24 heavy (non-hydrogen) atoms. The number of hydrogen-bond donors (Lipinski definition) is 1. The molecular formula is C14H15F3N2O4S. The van der Waals surface area contributed by atoms with E-state index >= 15 is 0 Å². The van der Waals surface area contributed by atoms with E-state index in [2.05, 4.69) is 16.6 Å². The van der Waals surface area contributed by atoms with E-state index < -0.39 is 34.0 Å². The second kappa shape index (κ2) is 6.81. The first-order valence-corrected chi connectivity index (χ1v) is 8.40. The number of halogens is 3. The molecule has 132 valence electrons. The van der Waals surface area contributed by atoms with Crippen molar-refractivity contribution < 1.29 is 31.1 Å². The van der Waals surface area contributed by atoms with Crippen LogP contribution in [-0.2, 0) is 14.8 Å². The molecule has 1 aromatic carbocycles. The minimum absolute atomic E-state index is 0.0372. The Bertz CT molecular complexity index is 717. The third kappa shape index (κ3) is 4.71. The molecule has 0 bridgehead atoms. The molecule has 0 aromatic heterocycles. The number of anilines is 1. The van der Waals surface area contributed by atoms with Crippen molar-refractivity contribution in [1.82, 2.24) is 4.31 Å². The van der Waals surface area contributed by atoms with Gasteiger partial charge in [-0.1, -0.05) is 6.58 Å². The average Bonchev–Trinajstić information content (AvgIpc) is 2.98. The molecule has 0 saturated carbocycles. The van der Waals surface area contributed by atoms with E-state index in [0.29, 0.717) is 12.1 Å². The molecular weight excluding hydrogens is 349 g/mol. The standard InChI is InChI=1S/C14H15F3N2O4S/c1-2-24(21,22)19-8-7-10(9-19)13(20)18-11-3-5-12(6-4-11)23-14(15,16)17/h2-6,10H,1,7-9H2,(H,18,20)/t10-/m0/s1. The smallest absolute Gasteiger partial charge is 0.406 e. The van der Waals surface area contributed by atoms with Gasteiger partial charge in [0.05, 0.1) is 5.92 Å². The largest absolute Gasteiger partial charge is 0.573 e. The SMILES string of the molecule is C=CS(=O)(=O)N1CC[C@H](C(=O)Nc2ccc(OC(F)(F)F)cc2)C1. The van der Waals surface area contributed by atoms with Crippen molar-refractivity contribution in [3.05, 3.63) is 36.3 Å². The third-order valence-electron chi connectivity index (χ3n) is 3.45. The second-order valence-corrected chi connectivity index (χ2v) is 7.00. The highest BCUT2D eigenvalue weighted by molar-refractivity contribution is 7.92. The Balaban J connectivity index is 1.95. The minimum atomic E-state index is -4.78. The van der Waals surface area contributed by atoms with Gasteiger partial charge in [-0.05, 0) is 30.7 Å². The molecule has 1 atom stereocenters. The van der Waals surface area contributed by atoms with E-state index in [-0.39, 0.29) is 13.1 Å². The zero-order chi connectivity index (χ0) is 18.0. The third-order valence-corrected chi connectivity index (χ3v) is 4.92. The monoisotopic (exact) mass is 364 g/mol. The molecule has 1 amide bonds. The molecule has 1 N–H and O–H groups in total. The molecule has 0 aliphatic carbocycles. The van der Waals surface area contributed by atoms with E-state index in [1.807, 2.05) is 0 Å². The summed E-state index contributed by atoms with van der Waals surface area (Å²) in [6, 6.07) is 4.69. The number of ether oxygens (including phenoxy) is 1. The van der Waals surface area contributed by atoms with Gasteiger partial charge in [-0.15, -0.1) is 13.2 Å². The number of hydrogen-bond acceptors (Lipinski definition) is 4. The lowest BCUT2D eigenvalue weighted by molar-refractivity contribution is -0.274. The molecule has 2 rings (SSSR count). The number of amides is 1. The second-order valence-electron chi connectivity index (χ2n) is 5.12. The first-order valence-electron chi connectivity index (χ1n) is 6.90. The fourth-order valence-electron chi connectivity index (χ4n) is 2.26. The summed E-state index contributed by atoms with van der Waals surface area (Å²) in [5, 5.41) is 3.37. The van der Waals surface area contributed by atoms with Gasteiger partial charge in [-0.2, -0.15) is 4.31 Å². The van der Waals surface area contributed by atoms with Crippen LogP contribution in [-0.4, -0.2) is 38.1 Å². The van der Waals surface area contributed by atoms with Gasteiger partial charge in [-0.25, -0.2) is 8.42 Å². The molecule has 1 heterocycles. The van der Waals surface area contributed by atoms with Gasteiger partial charge in [-0.3, -0.25) is 4.79 Å². The van der Waals surface area contributed by atoms with Crippen molar-refractivity contribution >= 4 is 21.6 Å². The number of benzene rings is 1. The first-order chi connectivity index (χ1) is 11.1. The minimum Gasteiger partial charge on any atom is -0.406 e. The van der Waals surface area contributed by atoms with Gasteiger partial charge in [0.15, 0.2) is 0 Å². The van der Waals surface area contributed by atoms with Crippen molar-refractivity contribution in [2.75, 3.05) is 18.4 Å².